The number of nitrogens with zero attached hydrogens (tertiary/aromatic N) is 1. The van der Waals surface area contributed by atoms with Crippen LogP contribution in [0, 0.1) is 11.8 Å². The highest BCUT2D eigenvalue weighted by Crippen LogP contribution is 2.34. The lowest BCUT2D eigenvalue weighted by molar-refractivity contribution is -0.268. The number of carbonyl (C=O) groups is 5. The van der Waals surface area contributed by atoms with Crippen molar-refractivity contribution in [2.75, 3.05) is 55.3 Å². The molecule has 368 valence electrons. The normalized spacial score (nSPS) is 24.5. The Labute approximate surface area is 385 Å². The summed E-state index contributed by atoms with van der Waals surface area (Å²) in [5, 5.41) is 21.4. The number of hydrogen-bond acceptors (Lipinski definition) is 13. The first-order valence-corrected chi connectivity index (χ1v) is 22.8. The Balaban J connectivity index is 0.00000119. The lowest BCUT2D eigenvalue weighted by atomic mass is 9.85. The van der Waals surface area contributed by atoms with Crippen molar-refractivity contribution < 1.29 is 62.6 Å². The van der Waals surface area contributed by atoms with Crippen molar-refractivity contribution >= 4 is 29.2 Å². The summed E-state index contributed by atoms with van der Waals surface area (Å²) in [6.45, 7) is 10.1. The van der Waals surface area contributed by atoms with Crippen LogP contribution in [0.2, 0.25) is 0 Å². The molecule has 2 N–H and O–H groups in total. The zero-order valence-electron chi connectivity index (χ0n) is 40.1. The monoisotopic (exact) mass is 908 g/mol. The molecule has 2 aliphatic heterocycles. The Kier molecular flexibility index (Phi) is 32.2. The minimum absolute atomic E-state index is 0. The van der Waals surface area contributed by atoms with E-state index in [1.165, 1.54) is 24.7 Å². The molecule has 64 heavy (non-hydrogen) atoms. The van der Waals surface area contributed by atoms with Gasteiger partial charge in [0.15, 0.2) is 5.78 Å². The Morgan fingerprint density at radius 2 is 1.58 bits per heavy atom. The molecule has 3 rings (SSSR count). The Morgan fingerprint density at radius 1 is 0.906 bits per heavy atom. The van der Waals surface area contributed by atoms with E-state index in [9.17, 15) is 34.2 Å². The summed E-state index contributed by atoms with van der Waals surface area (Å²) < 4.78 is 31.2. The number of unbranched alkanes of at least 4 members (excludes halogenated alkanes) is 1. The molecule has 0 aromatic heterocycles. The molecule has 0 radical (unpaired) electrons. The van der Waals surface area contributed by atoms with Crippen molar-refractivity contribution in [2.24, 2.45) is 11.8 Å². The number of carbonyl (C=O) groups excluding carboxylic acids is 5. The second-order valence-electron chi connectivity index (χ2n) is 17.0. The van der Waals surface area contributed by atoms with Crippen LogP contribution in [-0.4, -0.2) is 136 Å². The van der Waals surface area contributed by atoms with Crippen LogP contribution in [0.15, 0.2) is 47.6 Å². The molecule has 0 bridgehead atoms. The standard InChI is InChI=1S/C25H41NO8.C22H34O4.C2H6O.CH4/c1-17-7-10-20(16-31-2)34-25(17,30)22(27)23(28)26-14-5-4-6-21(26)24(29)33-15-13-18-8-11-19(32-3)12-9-18;1-6-19(23)16-15-18(4)21(25)22(26-5)20(24)14-12-10-8-7-9-11-13-17(2)3;1-3-2;/h17-21,30H,4-16H2,1-3H3;7-9,11,13,15,21-22,25H,6,10,12,14,16H2,1-5H3;1-2H3;1H4/b;8-7+,11-9+,18-15+;;/t;21-,22?;;/m.1../s1. The largest absolute Gasteiger partial charge is 0.464 e. The van der Waals surface area contributed by atoms with Gasteiger partial charge in [0.25, 0.3) is 11.7 Å². The molecule has 1 saturated carbocycles. The maximum absolute atomic E-state index is 13.2. The lowest BCUT2D eigenvalue weighted by Gasteiger charge is -2.41. The predicted molar refractivity (Wildman–Crippen MR) is 249 cm³/mol. The quantitative estimate of drug-likeness (QED) is 0.0356. The fourth-order valence-corrected chi connectivity index (χ4v) is 7.66. The van der Waals surface area contributed by atoms with Crippen LogP contribution in [0.3, 0.4) is 0 Å². The zero-order valence-corrected chi connectivity index (χ0v) is 40.1. The second kappa shape index (κ2) is 34.0. The van der Waals surface area contributed by atoms with Gasteiger partial charge in [0.2, 0.25) is 5.79 Å². The second-order valence-corrected chi connectivity index (χ2v) is 17.0. The van der Waals surface area contributed by atoms with E-state index in [0.29, 0.717) is 69.1 Å². The predicted octanol–water partition coefficient (Wildman–Crippen LogP) is 7.62. The molecule has 6 atom stereocenters. The molecule has 0 aromatic carbocycles. The Bertz CT molecular complexity index is 1490. The minimum Gasteiger partial charge on any atom is -0.464 e. The average Bonchev–Trinajstić information content (AvgIpc) is 3.27. The molecule has 14 heteroatoms. The molecule has 0 aromatic rings. The molecule has 5 unspecified atom stereocenters. The molecule has 14 nitrogen and oxygen atoms in total. The molecule has 3 fully saturated rings. The van der Waals surface area contributed by atoms with Crippen LogP contribution < -0.4 is 0 Å². The third-order valence-electron chi connectivity index (χ3n) is 11.7. The van der Waals surface area contributed by atoms with E-state index >= 15 is 0 Å². The molecule has 1 amide bonds. The number of aliphatic hydroxyl groups excluding tert-OH is 1. The maximum Gasteiger partial charge on any atom is 0.328 e. The number of hydrogen-bond donors (Lipinski definition) is 2. The fraction of sp³-hybridized carbons (Fsp3) is 0.740. The third-order valence-corrected chi connectivity index (χ3v) is 11.7. The highest BCUT2D eigenvalue weighted by molar-refractivity contribution is 6.39. The average molecular weight is 908 g/mol. The van der Waals surface area contributed by atoms with Gasteiger partial charge >= 0.3 is 5.97 Å². The van der Waals surface area contributed by atoms with Gasteiger partial charge in [-0.3, -0.25) is 19.2 Å². The van der Waals surface area contributed by atoms with Gasteiger partial charge in [-0.15, -0.1) is 0 Å². The molecule has 3 aliphatic rings. The van der Waals surface area contributed by atoms with Gasteiger partial charge in [0.05, 0.1) is 25.4 Å². The molecule has 2 saturated heterocycles. The van der Waals surface area contributed by atoms with Crippen LogP contribution in [0.4, 0.5) is 0 Å². The number of Topliss-reactive ketones (excluding diaryl/α,β-unsaturated/α-hetero) is 3. The minimum atomic E-state index is -2.22. The number of ether oxygens (including phenoxy) is 6. The summed E-state index contributed by atoms with van der Waals surface area (Å²) in [5.74, 6) is -4.66. The smallest absolute Gasteiger partial charge is 0.328 e. The number of amides is 1. The summed E-state index contributed by atoms with van der Waals surface area (Å²) in [7, 11) is 7.93. The van der Waals surface area contributed by atoms with Gasteiger partial charge in [0.1, 0.15) is 24.0 Å². The van der Waals surface area contributed by atoms with E-state index in [-0.39, 0.29) is 38.6 Å². The highest BCUT2D eigenvalue weighted by Gasteiger charge is 2.52. The van der Waals surface area contributed by atoms with Crippen LogP contribution in [0.5, 0.6) is 0 Å². The SMILES string of the molecule is C.CCC(=O)C/C=C(\C)[C@@H](O)C(OC)C(=O)CCC/C=C/C=C/C=C(C)C.COC.COCC1CCC(C)C(O)(C(=O)C(=O)N2CCCCC2C(=O)OCCC2CCC(OC)CC2)O1. The topological polar surface area (TPSA) is 184 Å². The van der Waals surface area contributed by atoms with Crippen LogP contribution in [0.1, 0.15) is 138 Å². The number of esters is 1. The highest BCUT2D eigenvalue weighted by atomic mass is 16.6. The van der Waals surface area contributed by atoms with E-state index < -0.39 is 53.7 Å². The summed E-state index contributed by atoms with van der Waals surface area (Å²) in [5.41, 5.74) is 1.84. The Morgan fingerprint density at radius 3 is 2.17 bits per heavy atom. The van der Waals surface area contributed by atoms with Gasteiger partial charge in [-0.2, -0.15) is 0 Å². The first-order valence-electron chi connectivity index (χ1n) is 22.8. The van der Waals surface area contributed by atoms with Crippen LogP contribution in [-0.2, 0) is 52.4 Å². The van der Waals surface area contributed by atoms with E-state index in [1.807, 2.05) is 44.2 Å². The Hall–Kier alpha value is -3.37. The summed E-state index contributed by atoms with van der Waals surface area (Å²) in [6.07, 6.45) is 20.2. The van der Waals surface area contributed by atoms with E-state index in [1.54, 1.807) is 48.2 Å². The van der Waals surface area contributed by atoms with Gasteiger partial charge in [-0.25, -0.2) is 4.79 Å². The number of rotatable bonds is 22. The molecule has 0 spiro atoms. The summed E-state index contributed by atoms with van der Waals surface area (Å²) >= 11 is 0. The molecular weight excluding hydrogens is 823 g/mol. The van der Waals surface area contributed by atoms with Crippen molar-refractivity contribution in [3.63, 3.8) is 0 Å². The van der Waals surface area contributed by atoms with Crippen molar-refractivity contribution in [3.05, 3.63) is 47.6 Å². The number of piperidine rings is 1. The lowest BCUT2D eigenvalue weighted by Crippen LogP contribution is -2.61. The third kappa shape index (κ3) is 21.7. The number of allylic oxidation sites excluding steroid dienone is 7. The van der Waals surface area contributed by atoms with Gasteiger partial charge < -0.3 is 43.5 Å². The molecule has 1 aliphatic carbocycles. The number of methoxy groups -OCH3 is 4. The number of aliphatic hydroxyl groups is 2. The zero-order chi connectivity index (χ0) is 47.4. The van der Waals surface area contributed by atoms with Gasteiger partial charge in [0, 0.05) is 67.3 Å². The van der Waals surface area contributed by atoms with Crippen molar-refractivity contribution in [1.29, 1.82) is 0 Å². The fourth-order valence-electron chi connectivity index (χ4n) is 7.66. The molecular formula is C50H85NO13. The van der Waals surface area contributed by atoms with Gasteiger partial charge in [-0.1, -0.05) is 63.3 Å². The van der Waals surface area contributed by atoms with Crippen molar-refractivity contribution in [2.45, 2.75) is 175 Å². The maximum atomic E-state index is 13.2. The van der Waals surface area contributed by atoms with E-state index in [0.717, 1.165) is 44.9 Å². The van der Waals surface area contributed by atoms with Crippen LogP contribution >= 0.6 is 0 Å². The summed E-state index contributed by atoms with van der Waals surface area (Å²) in [6, 6.07) is -0.813. The first kappa shape index (κ1) is 60.6. The first-order chi connectivity index (χ1) is 30.0. The van der Waals surface area contributed by atoms with Gasteiger partial charge in [-0.05, 0) is 109 Å². The number of ketones is 3. The summed E-state index contributed by atoms with van der Waals surface area (Å²) in [4.78, 5) is 64.2. The van der Waals surface area contributed by atoms with Crippen molar-refractivity contribution in [3.8, 4) is 0 Å². The molecule has 2 heterocycles. The van der Waals surface area contributed by atoms with Crippen LogP contribution in [0.25, 0.3) is 0 Å². The van der Waals surface area contributed by atoms with E-state index in [4.69, 9.17) is 23.7 Å². The number of likely N-dealkylation sites (tertiary alicyclic amines) is 1. The van der Waals surface area contributed by atoms with Crippen molar-refractivity contribution in [1.82, 2.24) is 4.90 Å². The van der Waals surface area contributed by atoms with E-state index in [2.05, 4.69) is 4.74 Å².